The smallest absolute Gasteiger partial charge is 0.223 e. The molecule has 1 amide bonds. The van der Waals surface area contributed by atoms with Crippen LogP contribution in [-0.2, 0) is 4.79 Å². The summed E-state index contributed by atoms with van der Waals surface area (Å²) in [7, 11) is 0. The van der Waals surface area contributed by atoms with Gasteiger partial charge in [0, 0.05) is 18.3 Å². The molecule has 1 aliphatic rings. The minimum absolute atomic E-state index is 0.108. The molecule has 19 heavy (non-hydrogen) atoms. The van der Waals surface area contributed by atoms with Gasteiger partial charge in [-0.15, -0.1) is 0 Å². The average molecular weight is 252 g/mol. The second-order valence-electron chi connectivity index (χ2n) is 4.91. The lowest BCUT2D eigenvalue weighted by Crippen LogP contribution is -2.30. The standard InChI is InChI=1S/C16H16N2O/c19-16(13-8-9-13)18-15(12-5-2-1-3-6-12)14-7-4-10-17-11-14/h1-7,10-11,13,15H,8-9H2,(H,18,19)/t15-/m0/s1. The van der Waals surface area contributed by atoms with Gasteiger partial charge in [0.2, 0.25) is 5.91 Å². The van der Waals surface area contributed by atoms with Crippen LogP contribution in [0.15, 0.2) is 54.9 Å². The van der Waals surface area contributed by atoms with Crippen molar-refractivity contribution in [1.82, 2.24) is 10.3 Å². The quantitative estimate of drug-likeness (QED) is 0.909. The number of carbonyl (C=O) groups excluding carboxylic acids is 1. The lowest BCUT2D eigenvalue weighted by molar-refractivity contribution is -0.122. The molecule has 0 aliphatic heterocycles. The Balaban J connectivity index is 1.89. The van der Waals surface area contributed by atoms with Crippen molar-refractivity contribution in [2.24, 2.45) is 5.92 Å². The first-order valence-corrected chi connectivity index (χ1v) is 6.60. The highest BCUT2D eigenvalue weighted by Gasteiger charge is 2.31. The lowest BCUT2D eigenvalue weighted by atomic mass is 10.00. The fourth-order valence-electron chi connectivity index (χ4n) is 2.16. The first kappa shape index (κ1) is 11.9. The summed E-state index contributed by atoms with van der Waals surface area (Å²) < 4.78 is 0. The van der Waals surface area contributed by atoms with Crippen molar-refractivity contribution < 1.29 is 4.79 Å². The number of aromatic nitrogens is 1. The fraction of sp³-hybridized carbons (Fsp3) is 0.250. The van der Waals surface area contributed by atoms with Crippen LogP contribution in [-0.4, -0.2) is 10.9 Å². The van der Waals surface area contributed by atoms with E-state index in [1.807, 2.05) is 48.7 Å². The molecule has 3 nitrogen and oxygen atoms in total. The van der Waals surface area contributed by atoms with Gasteiger partial charge in [-0.05, 0) is 30.0 Å². The first-order valence-electron chi connectivity index (χ1n) is 6.60. The van der Waals surface area contributed by atoms with E-state index in [4.69, 9.17) is 0 Å². The third-order valence-electron chi connectivity index (χ3n) is 3.39. The van der Waals surface area contributed by atoms with Crippen LogP contribution in [0.5, 0.6) is 0 Å². The molecule has 0 spiro atoms. The van der Waals surface area contributed by atoms with Gasteiger partial charge >= 0.3 is 0 Å². The monoisotopic (exact) mass is 252 g/mol. The van der Waals surface area contributed by atoms with Gasteiger partial charge in [0.15, 0.2) is 0 Å². The van der Waals surface area contributed by atoms with E-state index in [0.717, 1.165) is 24.0 Å². The van der Waals surface area contributed by atoms with Crippen molar-refractivity contribution in [3.05, 3.63) is 66.0 Å². The maximum Gasteiger partial charge on any atom is 0.223 e. The molecule has 0 saturated heterocycles. The van der Waals surface area contributed by atoms with Crippen molar-refractivity contribution >= 4 is 5.91 Å². The van der Waals surface area contributed by atoms with Crippen molar-refractivity contribution in [2.75, 3.05) is 0 Å². The molecule has 1 aliphatic carbocycles. The third kappa shape index (κ3) is 2.81. The van der Waals surface area contributed by atoms with Crippen molar-refractivity contribution in [3.8, 4) is 0 Å². The highest BCUT2D eigenvalue weighted by Crippen LogP contribution is 2.31. The largest absolute Gasteiger partial charge is 0.345 e. The van der Waals surface area contributed by atoms with E-state index in [1.54, 1.807) is 6.20 Å². The molecule has 0 unspecified atom stereocenters. The van der Waals surface area contributed by atoms with Crippen molar-refractivity contribution in [1.29, 1.82) is 0 Å². The minimum atomic E-state index is -0.108. The van der Waals surface area contributed by atoms with Crippen LogP contribution in [0.1, 0.15) is 30.0 Å². The van der Waals surface area contributed by atoms with E-state index >= 15 is 0 Å². The van der Waals surface area contributed by atoms with Gasteiger partial charge in [-0.3, -0.25) is 9.78 Å². The van der Waals surface area contributed by atoms with E-state index in [2.05, 4.69) is 10.3 Å². The number of hydrogen-bond acceptors (Lipinski definition) is 2. The Morgan fingerprint density at radius 3 is 2.47 bits per heavy atom. The highest BCUT2D eigenvalue weighted by atomic mass is 16.2. The number of nitrogens with zero attached hydrogens (tertiary/aromatic N) is 1. The molecule has 1 aromatic heterocycles. The number of rotatable bonds is 4. The Labute approximate surface area is 112 Å². The molecule has 1 atom stereocenters. The molecule has 3 rings (SSSR count). The zero-order valence-electron chi connectivity index (χ0n) is 10.6. The van der Waals surface area contributed by atoms with E-state index in [1.165, 1.54) is 0 Å². The first-order chi connectivity index (χ1) is 9.34. The van der Waals surface area contributed by atoms with Crippen LogP contribution in [0.25, 0.3) is 0 Å². The maximum atomic E-state index is 12.0. The summed E-state index contributed by atoms with van der Waals surface area (Å²) >= 11 is 0. The molecular weight excluding hydrogens is 236 g/mol. The second-order valence-corrected chi connectivity index (χ2v) is 4.91. The van der Waals surface area contributed by atoms with Gasteiger partial charge in [0.1, 0.15) is 0 Å². The summed E-state index contributed by atoms with van der Waals surface area (Å²) in [5.74, 6) is 0.362. The molecular formula is C16H16N2O. The summed E-state index contributed by atoms with van der Waals surface area (Å²) in [6.45, 7) is 0. The molecule has 1 saturated carbocycles. The Morgan fingerprint density at radius 2 is 1.84 bits per heavy atom. The second kappa shape index (κ2) is 5.22. The predicted molar refractivity (Wildman–Crippen MR) is 73.4 cm³/mol. The number of pyridine rings is 1. The normalized spacial score (nSPS) is 15.8. The average Bonchev–Trinajstić information content (AvgIpc) is 3.31. The summed E-state index contributed by atoms with van der Waals surface area (Å²) in [6, 6.07) is 13.8. The van der Waals surface area contributed by atoms with E-state index in [0.29, 0.717) is 0 Å². The molecule has 1 heterocycles. The molecule has 1 fully saturated rings. The summed E-state index contributed by atoms with van der Waals surface area (Å²) in [5, 5.41) is 3.13. The third-order valence-corrected chi connectivity index (χ3v) is 3.39. The number of nitrogens with one attached hydrogen (secondary N) is 1. The van der Waals surface area contributed by atoms with E-state index < -0.39 is 0 Å². The molecule has 3 heteroatoms. The maximum absolute atomic E-state index is 12.0. The van der Waals surface area contributed by atoms with Gasteiger partial charge < -0.3 is 5.32 Å². The molecule has 0 bridgehead atoms. The number of amides is 1. The number of benzene rings is 1. The van der Waals surface area contributed by atoms with E-state index in [9.17, 15) is 4.79 Å². The van der Waals surface area contributed by atoms with Gasteiger partial charge in [-0.25, -0.2) is 0 Å². The van der Waals surface area contributed by atoms with Crippen LogP contribution in [0, 0.1) is 5.92 Å². The van der Waals surface area contributed by atoms with Crippen molar-refractivity contribution in [2.45, 2.75) is 18.9 Å². The minimum Gasteiger partial charge on any atom is -0.345 e. The zero-order chi connectivity index (χ0) is 13.1. The van der Waals surface area contributed by atoms with Crippen LogP contribution in [0.2, 0.25) is 0 Å². The molecule has 1 N–H and O–H groups in total. The van der Waals surface area contributed by atoms with Gasteiger partial charge in [0.05, 0.1) is 6.04 Å². The number of carbonyl (C=O) groups is 1. The molecule has 96 valence electrons. The lowest BCUT2D eigenvalue weighted by Gasteiger charge is -2.19. The molecule has 1 aromatic carbocycles. The fourth-order valence-corrected chi connectivity index (χ4v) is 2.16. The highest BCUT2D eigenvalue weighted by molar-refractivity contribution is 5.81. The Hall–Kier alpha value is -2.16. The van der Waals surface area contributed by atoms with Crippen molar-refractivity contribution in [3.63, 3.8) is 0 Å². The predicted octanol–water partition coefficient (Wildman–Crippen LogP) is 2.70. The Bertz CT molecular complexity index is 510. The summed E-state index contributed by atoms with van der Waals surface area (Å²) in [5.41, 5.74) is 2.10. The SMILES string of the molecule is O=C(N[C@@H](c1ccccc1)c1cccnc1)C1CC1. The van der Waals surface area contributed by atoms with Crippen LogP contribution in [0.4, 0.5) is 0 Å². The van der Waals surface area contributed by atoms with Crippen LogP contribution < -0.4 is 5.32 Å². The van der Waals surface area contributed by atoms with Gasteiger partial charge in [0.25, 0.3) is 0 Å². The van der Waals surface area contributed by atoms with Crippen LogP contribution in [0.3, 0.4) is 0 Å². The van der Waals surface area contributed by atoms with Crippen LogP contribution >= 0.6 is 0 Å². The van der Waals surface area contributed by atoms with Gasteiger partial charge in [-0.1, -0.05) is 36.4 Å². The molecule has 0 radical (unpaired) electrons. The van der Waals surface area contributed by atoms with E-state index in [-0.39, 0.29) is 17.9 Å². The molecule has 2 aromatic rings. The summed E-state index contributed by atoms with van der Waals surface area (Å²) in [4.78, 5) is 16.2. The number of hydrogen-bond donors (Lipinski definition) is 1. The topological polar surface area (TPSA) is 42.0 Å². The zero-order valence-corrected chi connectivity index (χ0v) is 10.6. The summed E-state index contributed by atoms with van der Waals surface area (Å²) in [6.07, 6.45) is 5.58. The van der Waals surface area contributed by atoms with Gasteiger partial charge in [-0.2, -0.15) is 0 Å². The Morgan fingerprint density at radius 1 is 1.11 bits per heavy atom. The Kier molecular flexibility index (Phi) is 3.27.